The minimum absolute atomic E-state index is 0.0745. The Morgan fingerprint density at radius 2 is 1.60 bits per heavy atom. The van der Waals surface area contributed by atoms with E-state index in [-0.39, 0.29) is 24.3 Å². The Bertz CT molecular complexity index is 1290. The van der Waals surface area contributed by atoms with Crippen LogP contribution in [0, 0.1) is 0 Å². The molecule has 0 bridgehead atoms. The van der Waals surface area contributed by atoms with E-state index in [1.54, 1.807) is 4.90 Å². The predicted molar refractivity (Wildman–Crippen MR) is 157 cm³/mol. The minimum Gasteiger partial charge on any atom is -0.486 e. The fourth-order valence-corrected chi connectivity index (χ4v) is 5.78. The molecule has 3 aromatic carbocycles. The van der Waals surface area contributed by atoms with E-state index in [1.165, 1.54) is 6.42 Å². The first-order chi connectivity index (χ1) is 19.5. The first-order valence-electron chi connectivity index (χ1n) is 14.3. The molecule has 40 heavy (non-hydrogen) atoms. The highest BCUT2D eigenvalue weighted by atomic mass is 35.5. The topological polar surface area (TPSA) is 67.9 Å². The number of ether oxygens (including phenoxy) is 2. The summed E-state index contributed by atoms with van der Waals surface area (Å²) in [5, 5.41) is 3.89. The van der Waals surface area contributed by atoms with Crippen molar-refractivity contribution in [1.29, 1.82) is 0 Å². The van der Waals surface area contributed by atoms with Gasteiger partial charge in [-0.25, -0.2) is 0 Å². The molecule has 2 aliphatic rings. The van der Waals surface area contributed by atoms with E-state index in [0.29, 0.717) is 43.4 Å². The number of hydrogen-bond donors (Lipinski definition) is 1. The van der Waals surface area contributed by atoms with E-state index in [1.807, 2.05) is 72.8 Å². The molecule has 1 N–H and O–H groups in total. The monoisotopic (exact) mass is 560 g/mol. The lowest BCUT2D eigenvalue weighted by molar-refractivity contribution is -0.141. The van der Waals surface area contributed by atoms with Gasteiger partial charge in [0.25, 0.3) is 0 Å². The van der Waals surface area contributed by atoms with Gasteiger partial charge < -0.3 is 19.7 Å². The van der Waals surface area contributed by atoms with Gasteiger partial charge in [0.1, 0.15) is 19.3 Å². The number of carbonyl (C=O) groups excluding carboxylic acids is 2. The summed E-state index contributed by atoms with van der Waals surface area (Å²) >= 11 is 6.30. The van der Waals surface area contributed by atoms with Crippen molar-refractivity contribution in [3.05, 3.63) is 94.5 Å². The number of aryl methyl sites for hydroxylation is 1. The summed E-state index contributed by atoms with van der Waals surface area (Å²) in [5.41, 5.74) is 2.90. The van der Waals surface area contributed by atoms with E-state index >= 15 is 0 Å². The van der Waals surface area contributed by atoms with Crippen molar-refractivity contribution >= 4 is 23.4 Å². The highest BCUT2D eigenvalue weighted by molar-refractivity contribution is 6.30. The van der Waals surface area contributed by atoms with Crippen LogP contribution in [0.4, 0.5) is 0 Å². The fraction of sp³-hybridized carbons (Fsp3) is 0.394. The summed E-state index contributed by atoms with van der Waals surface area (Å²) in [6.45, 7) is 1.35. The second-order valence-corrected chi connectivity index (χ2v) is 11.1. The van der Waals surface area contributed by atoms with Gasteiger partial charge in [-0.3, -0.25) is 9.59 Å². The number of hydrogen-bond acceptors (Lipinski definition) is 4. The van der Waals surface area contributed by atoms with Crippen molar-refractivity contribution < 1.29 is 19.1 Å². The molecule has 0 spiro atoms. The van der Waals surface area contributed by atoms with Crippen molar-refractivity contribution in [1.82, 2.24) is 10.2 Å². The number of nitrogens with one attached hydrogen (secondary N) is 1. The number of carbonyl (C=O) groups is 2. The first-order valence-corrected chi connectivity index (χ1v) is 14.7. The van der Waals surface area contributed by atoms with Crippen LogP contribution >= 0.6 is 11.6 Å². The average molecular weight is 561 g/mol. The minimum atomic E-state index is -0.643. The van der Waals surface area contributed by atoms with Crippen LogP contribution in [0.15, 0.2) is 72.8 Å². The second kappa shape index (κ2) is 13.7. The maximum atomic E-state index is 14.0. The van der Waals surface area contributed by atoms with Gasteiger partial charge in [0.15, 0.2) is 11.5 Å². The van der Waals surface area contributed by atoms with Gasteiger partial charge in [-0.1, -0.05) is 79.4 Å². The highest BCUT2D eigenvalue weighted by Gasteiger charge is 2.32. The van der Waals surface area contributed by atoms with Crippen LogP contribution in [0.5, 0.6) is 11.5 Å². The molecule has 5 rings (SSSR count). The summed E-state index contributed by atoms with van der Waals surface area (Å²) in [7, 11) is 0. The first kappa shape index (κ1) is 28.0. The summed E-state index contributed by atoms with van der Waals surface area (Å²) in [6.07, 6.45) is 6.65. The van der Waals surface area contributed by atoms with Crippen LogP contribution in [0.25, 0.3) is 0 Å². The Morgan fingerprint density at radius 1 is 0.850 bits per heavy atom. The van der Waals surface area contributed by atoms with Crippen molar-refractivity contribution in [3.63, 3.8) is 0 Å². The zero-order chi connectivity index (χ0) is 27.7. The summed E-state index contributed by atoms with van der Waals surface area (Å²) in [6, 6.07) is 22.8. The Labute approximate surface area is 241 Å². The molecule has 2 amide bonds. The van der Waals surface area contributed by atoms with Crippen LogP contribution < -0.4 is 14.8 Å². The summed E-state index contributed by atoms with van der Waals surface area (Å²) in [5.74, 6) is 1.27. The maximum absolute atomic E-state index is 14.0. The maximum Gasteiger partial charge on any atom is 0.243 e. The third kappa shape index (κ3) is 7.57. The summed E-state index contributed by atoms with van der Waals surface area (Å²) in [4.78, 5) is 29.6. The Morgan fingerprint density at radius 3 is 2.38 bits per heavy atom. The Hall–Kier alpha value is -3.51. The van der Waals surface area contributed by atoms with Gasteiger partial charge in [-0.15, -0.1) is 0 Å². The van der Waals surface area contributed by atoms with Crippen molar-refractivity contribution in [2.24, 2.45) is 0 Å². The second-order valence-electron chi connectivity index (χ2n) is 10.7. The van der Waals surface area contributed by atoms with Gasteiger partial charge in [-0.05, 0) is 60.2 Å². The van der Waals surface area contributed by atoms with E-state index in [2.05, 4.69) is 5.32 Å². The smallest absolute Gasteiger partial charge is 0.243 e. The molecule has 1 fully saturated rings. The molecule has 3 aromatic rings. The lowest BCUT2D eigenvalue weighted by Crippen LogP contribution is -2.52. The van der Waals surface area contributed by atoms with Crippen molar-refractivity contribution in [2.45, 2.75) is 70.0 Å². The molecule has 1 heterocycles. The molecular formula is C33H37ClN2O4. The third-order valence-electron chi connectivity index (χ3n) is 7.70. The lowest BCUT2D eigenvalue weighted by atomic mass is 9.94. The Kier molecular flexibility index (Phi) is 9.61. The molecule has 1 atom stereocenters. The molecule has 210 valence electrons. The molecule has 1 aliphatic heterocycles. The number of nitrogens with zero attached hydrogens (tertiary/aromatic N) is 1. The van der Waals surface area contributed by atoms with Gasteiger partial charge in [0.2, 0.25) is 11.8 Å². The van der Waals surface area contributed by atoms with E-state index in [4.69, 9.17) is 21.1 Å². The molecule has 0 aromatic heterocycles. The van der Waals surface area contributed by atoms with Gasteiger partial charge in [-0.2, -0.15) is 0 Å². The average Bonchev–Trinajstić information content (AvgIpc) is 2.98. The molecule has 1 saturated carbocycles. The largest absolute Gasteiger partial charge is 0.486 e. The molecule has 1 aliphatic carbocycles. The van der Waals surface area contributed by atoms with Crippen LogP contribution in [0.1, 0.15) is 55.2 Å². The standard InChI is InChI=1S/C33H37ClN2O4/c34-27-11-7-10-26(20-27)23-36(32(37)17-15-25-14-16-30-31(22-25)40-19-18-39-30)29(21-24-8-3-1-4-9-24)33(38)35-28-12-5-2-6-13-28/h1,3-4,7-11,14,16,20,22,28-29H,2,5-6,12-13,15,17-19,21,23H2,(H,35,38). The van der Waals surface area contributed by atoms with Crippen molar-refractivity contribution in [2.75, 3.05) is 13.2 Å². The molecule has 6 nitrogen and oxygen atoms in total. The summed E-state index contributed by atoms with van der Waals surface area (Å²) < 4.78 is 11.4. The van der Waals surface area contributed by atoms with E-state index in [9.17, 15) is 9.59 Å². The third-order valence-corrected chi connectivity index (χ3v) is 7.93. The molecular weight excluding hydrogens is 524 g/mol. The van der Waals surface area contributed by atoms with Crippen LogP contribution in [-0.2, 0) is 29.0 Å². The number of amides is 2. The molecule has 0 saturated heterocycles. The molecule has 7 heteroatoms. The highest BCUT2D eigenvalue weighted by Crippen LogP contribution is 2.31. The van der Waals surface area contributed by atoms with Crippen LogP contribution in [0.2, 0.25) is 5.02 Å². The number of fused-ring (bicyclic) bond motifs is 1. The van der Waals surface area contributed by atoms with E-state index in [0.717, 1.165) is 48.1 Å². The van der Waals surface area contributed by atoms with Crippen LogP contribution in [0.3, 0.4) is 0 Å². The number of rotatable bonds is 10. The number of halogens is 1. The van der Waals surface area contributed by atoms with Crippen molar-refractivity contribution in [3.8, 4) is 11.5 Å². The van der Waals surface area contributed by atoms with E-state index < -0.39 is 6.04 Å². The Balaban J connectivity index is 1.39. The normalized spacial score (nSPS) is 15.7. The van der Waals surface area contributed by atoms with Gasteiger partial charge >= 0.3 is 0 Å². The van der Waals surface area contributed by atoms with Gasteiger partial charge in [0, 0.05) is 30.5 Å². The quantitative estimate of drug-likeness (QED) is 0.324. The zero-order valence-corrected chi connectivity index (χ0v) is 23.6. The number of benzene rings is 3. The SMILES string of the molecule is O=C(NC1CCCCC1)C(Cc1ccccc1)N(Cc1cccc(Cl)c1)C(=O)CCc1ccc2c(c1)OCCO2. The molecule has 1 unspecified atom stereocenters. The molecule has 0 radical (unpaired) electrons. The van der Waals surface area contributed by atoms with Gasteiger partial charge in [0.05, 0.1) is 0 Å². The van der Waals surface area contributed by atoms with Crippen LogP contribution in [-0.4, -0.2) is 42.0 Å². The lowest BCUT2D eigenvalue weighted by Gasteiger charge is -2.33. The zero-order valence-electron chi connectivity index (χ0n) is 22.8. The predicted octanol–water partition coefficient (Wildman–Crippen LogP) is 6.13. The fourth-order valence-electron chi connectivity index (χ4n) is 5.57.